The lowest BCUT2D eigenvalue weighted by Gasteiger charge is -2.35. The number of amides is 1. The summed E-state index contributed by atoms with van der Waals surface area (Å²) in [5.74, 6) is 1.02. The van der Waals surface area contributed by atoms with Crippen molar-refractivity contribution in [3.8, 4) is 11.5 Å². The van der Waals surface area contributed by atoms with Crippen LogP contribution in [0.4, 0.5) is 11.5 Å². The van der Waals surface area contributed by atoms with Gasteiger partial charge in [-0.05, 0) is 32.0 Å². The van der Waals surface area contributed by atoms with Crippen LogP contribution in [0.15, 0.2) is 30.5 Å². The number of carbonyl (C=O) groups excluding carboxylic acids is 3. The third kappa shape index (κ3) is 5.23. The molecule has 4 rings (SSSR count). The van der Waals surface area contributed by atoms with Gasteiger partial charge in [0.25, 0.3) is 0 Å². The van der Waals surface area contributed by atoms with Crippen molar-refractivity contribution >= 4 is 29.2 Å². The van der Waals surface area contributed by atoms with Gasteiger partial charge in [-0.1, -0.05) is 0 Å². The van der Waals surface area contributed by atoms with Crippen molar-refractivity contribution in [1.29, 1.82) is 0 Å². The Morgan fingerprint density at radius 2 is 1.82 bits per heavy atom. The number of esters is 1. The van der Waals surface area contributed by atoms with E-state index in [1.165, 1.54) is 13.1 Å². The van der Waals surface area contributed by atoms with Crippen molar-refractivity contribution in [2.45, 2.75) is 13.8 Å². The average Bonchev–Trinajstić information content (AvgIpc) is 3.26. The maximum absolute atomic E-state index is 12.7. The van der Waals surface area contributed by atoms with E-state index in [-0.39, 0.29) is 31.0 Å². The predicted octanol–water partition coefficient (Wildman–Crippen LogP) is 1.95. The van der Waals surface area contributed by atoms with Crippen molar-refractivity contribution in [2.24, 2.45) is 0 Å². The Morgan fingerprint density at radius 3 is 2.45 bits per heavy atom. The van der Waals surface area contributed by atoms with Gasteiger partial charge in [0.15, 0.2) is 17.3 Å². The van der Waals surface area contributed by atoms with Crippen LogP contribution in [0.3, 0.4) is 0 Å². The number of piperazine rings is 1. The minimum absolute atomic E-state index is 0.0920. The summed E-state index contributed by atoms with van der Waals surface area (Å²) in [6.45, 7) is 6.56. The normalized spacial score (nSPS) is 15.3. The minimum atomic E-state index is -0.386. The third-order valence-corrected chi connectivity index (χ3v) is 5.49. The molecule has 0 spiro atoms. The first-order chi connectivity index (χ1) is 15.9. The summed E-state index contributed by atoms with van der Waals surface area (Å²) in [4.78, 5) is 45.0. The lowest BCUT2D eigenvalue weighted by Crippen LogP contribution is -2.49. The summed E-state index contributed by atoms with van der Waals surface area (Å²) < 4.78 is 15.7. The standard InChI is InChI=1S/C23H26N4O6/c1-3-31-23(30)16-4-5-21(24-12-16)27-8-6-26(7-9-27)13-22(29)25-18-11-20-19(32-14-33-20)10-17(18)15(2)28/h4-5,10-12H,3,6-9,13-14H2,1-2H3,(H,25,29). The second-order valence-electron chi connectivity index (χ2n) is 7.74. The average molecular weight is 454 g/mol. The number of fused-ring (bicyclic) bond motifs is 1. The van der Waals surface area contributed by atoms with E-state index in [1.807, 2.05) is 4.90 Å². The SMILES string of the molecule is CCOC(=O)c1ccc(N2CCN(CC(=O)Nc3cc4c(cc3C(C)=O)OCO4)CC2)nc1. The molecule has 1 aromatic carbocycles. The molecule has 1 aromatic heterocycles. The molecule has 10 heteroatoms. The zero-order chi connectivity index (χ0) is 23.4. The van der Waals surface area contributed by atoms with Crippen LogP contribution in [0.2, 0.25) is 0 Å². The first-order valence-electron chi connectivity index (χ1n) is 10.8. The molecule has 1 N–H and O–H groups in total. The molecule has 2 aliphatic heterocycles. The molecule has 1 saturated heterocycles. The highest BCUT2D eigenvalue weighted by Crippen LogP contribution is 2.37. The molecule has 3 heterocycles. The number of hydrogen-bond donors (Lipinski definition) is 1. The predicted molar refractivity (Wildman–Crippen MR) is 120 cm³/mol. The van der Waals surface area contributed by atoms with Crippen molar-refractivity contribution < 1.29 is 28.6 Å². The highest BCUT2D eigenvalue weighted by Gasteiger charge is 2.23. The van der Waals surface area contributed by atoms with E-state index in [2.05, 4.69) is 15.2 Å². The van der Waals surface area contributed by atoms with Crippen LogP contribution in [0, 0.1) is 0 Å². The van der Waals surface area contributed by atoms with Crippen LogP contribution in [0.25, 0.3) is 0 Å². The quantitative estimate of drug-likeness (QED) is 0.496. The summed E-state index contributed by atoms with van der Waals surface area (Å²) in [7, 11) is 0. The first-order valence-corrected chi connectivity index (χ1v) is 10.8. The molecule has 2 aromatic rings. The fourth-order valence-electron chi connectivity index (χ4n) is 3.77. The first kappa shape index (κ1) is 22.5. The van der Waals surface area contributed by atoms with E-state index < -0.39 is 0 Å². The molecule has 0 radical (unpaired) electrons. The molecule has 1 fully saturated rings. The minimum Gasteiger partial charge on any atom is -0.462 e. The van der Waals surface area contributed by atoms with Gasteiger partial charge in [0.2, 0.25) is 12.7 Å². The van der Waals surface area contributed by atoms with Crippen LogP contribution in [-0.2, 0) is 9.53 Å². The number of ketones is 1. The topological polar surface area (TPSA) is 110 Å². The molecule has 33 heavy (non-hydrogen) atoms. The fourth-order valence-corrected chi connectivity index (χ4v) is 3.77. The molecule has 10 nitrogen and oxygen atoms in total. The number of nitrogens with zero attached hydrogens (tertiary/aromatic N) is 3. The van der Waals surface area contributed by atoms with Crippen molar-refractivity contribution in [1.82, 2.24) is 9.88 Å². The number of anilines is 2. The van der Waals surface area contributed by atoms with E-state index >= 15 is 0 Å². The molecule has 0 aliphatic carbocycles. The van der Waals surface area contributed by atoms with Crippen LogP contribution in [0.1, 0.15) is 34.6 Å². The molecule has 2 aliphatic rings. The smallest absolute Gasteiger partial charge is 0.339 e. The van der Waals surface area contributed by atoms with Gasteiger partial charge >= 0.3 is 5.97 Å². The highest BCUT2D eigenvalue weighted by atomic mass is 16.7. The Labute approximate surface area is 191 Å². The lowest BCUT2D eigenvalue weighted by atomic mass is 10.1. The summed E-state index contributed by atoms with van der Waals surface area (Å²) in [5, 5.41) is 2.83. The van der Waals surface area contributed by atoms with Crippen molar-refractivity contribution in [2.75, 3.05) is 56.3 Å². The third-order valence-electron chi connectivity index (χ3n) is 5.49. The number of benzene rings is 1. The molecular formula is C23H26N4O6. The molecule has 174 valence electrons. The summed E-state index contributed by atoms with van der Waals surface area (Å²) in [6.07, 6.45) is 1.52. The maximum atomic E-state index is 12.7. The Balaban J connectivity index is 1.31. The van der Waals surface area contributed by atoms with Gasteiger partial charge in [-0.3, -0.25) is 14.5 Å². The van der Waals surface area contributed by atoms with E-state index in [1.54, 1.807) is 31.2 Å². The molecule has 0 atom stereocenters. The van der Waals surface area contributed by atoms with Crippen LogP contribution in [-0.4, -0.2) is 73.7 Å². The van der Waals surface area contributed by atoms with E-state index in [0.717, 1.165) is 5.82 Å². The summed E-state index contributed by atoms with van der Waals surface area (Å²) in [6, 6.07) is 6.73. The number of rotatable bonds is 7. The Bertz CT molecular complexity index is 1050. The maximum Gasteiger partial charge on any atom is 0.339 e. The second-order valence-corrected chi connectivity index (χ2v) is 7.74. The molecule has 0 unspecified atom stereocenters. The van der Waals surface area contributed by atoms with E-state index in [0.29, 0.717) is 61.1 Å². The number of carbonyl (C=O) groups is 3. The Morgan fingerprint density at radius 1 is 1.09 bits per heavy atom. The van der Waals surface area contributed by atoms with Gasteiger partial charge in [0.1, 0.15) is 5.82 Å². The molecule has 1 amide bonds. The highest BCUT2D eigenvalue weighted by molar-refractivity contribution is 6.05. The number of pyridine rings is 1. The summed E-state index contributed by atoms with van der Waals surface area (Å²) in [5.41, 5.74) is 1.22. The number of nitrogens with one attached hydrogen (secondary N) is 1. The van der Waals surface area contributed by atoms with Crippen molar-refractivity contribution in [3.63, 3.8) is 0 Å². The molecule has 0 saturated carbocycles. The monoisotopic (exact) mass is 454 g/mol. The zero-order valence-corrected chi connectivity index (χ0v) is 18.6. The fraction of sp³-hybridized carbons (Fsp3) is 0.391. The molecular weight excluding hydrogens is 428 g/mol. The van der Waals surface area contributed by atoms with Gasteiger partial charge in [0.05, 0.1) is 24.4 Å². The van der Waals surface area contributed by atoms with E-state index in [9.17, 15) is 14.4 Å². The summed E-state index contributed by atoms with van der Waals surface area (Å²) >= 11 is 0. The van der Waals surface area contributed by atoms with E-state index in [4.69, 9.17) is 14.2 Å². The Kier molecular flexibility index (Phi) is 6.74. The van der Waals surface area contributed by atoms with Gasteiger partial charge in [-0.15, -0.1) is 0 Å². The van der Waals surface area contributed by atoms with Gasteiger partial charge in [-0.25, -0.2) is 9.78 Å². The number of aromatic nitrogens is 1. The van der Waals surface area contributed by atoms with Crippen LogP contribution >= 0.6 is 0 Å². The van der Waals surface area contributed by atoms with Crippen LogP contribution in [0.5, 0.6) is 11.5 Å². The molecule has 0 bridgehead atoms. The van der Waals surface area contributed by atoms with Gasteiger partial charge in [-0.2, -0.15) is 0 Å². The van der Waals surface area contributed by atoms with Gasteiger partial charge in [0, 0.05) is 44.0 Å². The zero-order valence-electron chi connectivity index (χ0n) is 18.6. The number of hydrogen-bond acceptors (Lipinski definition) is 9. The largest absolute Gasteiger partial charge is 0.462 e. The number of Topliss-reactive ketones (excluding diaryl/α,β-unsaturated/α-hetero) is 1. The lowest BCUT2D eigenvalue weighted by molar-refractivity contribution is -0.117. The Hall–Kier alpha value is -3.66. The van der Waals surface area contributed by atoms with Crippen LogP contribution < -0.4 is 19.7 Å². The number of ether oxygens (including phenoxy) is 3. The second kappa shape index (κ2) is 9.86. The van der Waals surface area contributed by atoms with Gasteiger partial charge < -0.3 is 24.4 Å². The van der Waals surface area contributed by atoms with Crippen molar-refractivity contribution in [3.05, 3.63) is 41.6 Å².